The highest BCUT2D eigenvalue weighted by Gasteiger charge is 2.15. The number of nitrogens with zero attached hydrogens (tertiary/aromatic N) is 3. The molecule has 0 bridgehead atoms. The number of aromatic nitrogens is 2. The van der Waals surface area contributed by atoms with Gasteiger partial charge < -0.3 is 14.6 Å². The van der Waals surface area contributed by atoms with Crippen LogP contribution in [0, 0.1) is 6.92 Å². The maximum atomic E-state index is 12.3. The van der Waals surface area contributed by atoms with Crippen molar-refractivity contribution >= 4 is 11.6 Å². The largest absolute Gasteiger partial charge is 0.354 e. The fourth-order valence-electron chi connectivity index (χ4n) is 2.87. The van der Waals surface area contributed by atoms with Crippen molar-refractivity contribution < 1.29 is 4.79 Å². The SMILES string of the molecule is Cc1ccn2cc(-c3ccc(C(C)C(=O)NCCN(C)C)cc3)nc2c1. The van der Waals surface area contributed by atoms with Crippen molar-refractivity contribution in [3.8, 4) is 11.3 Å². The molecule has 1 unspecified atom stereocenters. The summed E-state index contributed by atoms with van der Waals surface area (Å²) < 4.78 is 2.02. The first kappa shape index (κ1) is 18.1. The van der Waals surface area contributed by atoms with E-state index in [1.165, 1.54) is 5.56 Å². The van der Waals surface area contributed by atoms with E-state index in [1.807, 2.05) is 62.1 Å². The van der Waals surface area contributed by atoms with E-state index in [2.05, 4.69) is 34.3 Å². The zero-order valence-corrected chi connectivity index (χ0v) is 15.9. The summed E-state index contributed by atoms with van der Waals surface area (Å²) in [5.74, 6) is -0.113. The van der Waals surface area contributed by atoms with Gasteiger partial charge >= 0.3 is 0 Å². The number of hydrogen-bond acceptors (Lipinski definition) is 3. The van der Waals surface area contributed by atoms with Crippen molar-refractivity contribution in [3.05, 3.63) is 59.9 Å². The summed E-state index contributed by atoms with van der Waals surface area (Å²) >= 11 is 0. The second kappa shape index (κ2) is 7.70. The van der Waals surface area contributed by atoms with Gasteiger partial charge in [-0.15, -0.1) is 0 Å². The Hall–Kier alpha value is -2.66. The molecule has 0 fully saturated rings. The van der Waals surface area contributed by atoms with Crippen LogP contribution in [-0.4, -0.2) is 47.4 Å². The minimum Gasteiger partial charge on any atom is -0.354 e. The molecule has 3 rings (SSSR count). The molecule has 136 valence electrons. The zero-order chi connectivity index (χ0) is 18.7. The summed E-state index contributed by atoms with van der Waals surface area (Å²) in [4.78, 5) is 19.0. The number of nitrogens with one attached hydrogen (secondary N) is 1. The van der Waals surface area contributed by atoms with Crippen LogP contribution in [0.2, 0.25) is 0 Å². The number of rotatable bonds is 6. The van der Waals surface area contributed by atoms with E-state index < -0.39 is 0 Å². The van der Waals surface area contributed by atoms with E-state index in [1.54, 1.807) is 0 Å². The Morgan fingerprint density at radius 3 is 2.65 bits per heavy atom. The van der Waals surface area contributed by atoms with Crippen molar-refractivity contribution in [2.24, 2.45) is 0 Å². The standard InChI is InChI=1S/C21H26N4O/c1-15-9-11-25-14-19(23-20(25)13-15)18-7-5-17(6-8-18)16(2)21(26)22-10-12-24(3)4/h5-9,11,13-14,16H,10,12H2,1-4H3,(H,22,26). The molecule has 5 nitrogen and oxygen atoms in total. The molecule has 0 aliphatic heterocycles. The summed E-state index contributed by atoms with van der Waals surface area (Å²) in [5.41, 5.74) is 5.13. The number of benzene rings is 1. The van der Waals surface area contributed by atoms with E-state index in [4.69, 9.17) is 0 Å². The number of imidazole rings is 1. The third-order valence-corrected chi connectivity index (χ3v) is 4.57. The van der Waals surface area contributed by atoms with E-state index in [-0.39, 0.29) is 11.8 Å². The predicted molar refractivity (Wildman–Crippen MR) is 105 cm³/mol. The smallest absolute Gasteiger partial charge is 0.227 e. The molecule has 1 amide bonds. The van der Waals surface area contributed by atoms with E-state index in [0.717, 1.165) is 29.0 Å². The summed E-state index contributed by atoms with van der Waals surface area (Å²) in [5, 5.41) is 2.99. The van der Waals surface area contributed by atoms with Crippen LogP contribution in [0.15, 0.2) is 48.8 Å². The molecule has 0 saturated heterocycles. The van der Waals surface area contributed by atoms with Gasteiger partial charge in [-0.3, -0.25) is 4.79 Å². The topological polar surface area (TPSA) is 49.6 Å². The highest BCUT2D eigenvalue weighted by Crippen LogP contribution is 2.23. The lowest BCUT2D eigenvalue weighted by Crippen LogP contribution is -2.33. The second-order valence-electron chi connectivity index (χ2n) is 7.03. The van der Waals surface area contributed by atoms with E-state index in [9.17, 15) is 4.79 Å². The summed E-state index contributed by atoms with van der Waals surface area (Å²) in [7, 11) is 3.99. The first-order valence-corrected chi connectivity index (χ1v) is 8.92. The molecule has 0 aliphatic carbocycles. The lowest BCUT2D eigenvalue weighted by atomic mass is 9.98. The van der Waals surface area contributed by atoms with Crippen LogP contribution in [0.4, 0.5) is 0 Å². The molecule has 26 heavy (non-hydrogen) atoms. The Bertz CT molecular complexity index is 896. The number of carbonyl (C=O) groups is 1. The van der Waals surface area contributed by atoms with Crippen LogP contribution < -0.4 is 5.32 Å². The van der Waals surface area contributed by atoms with Crippen LogP contribution in [0.5, 0.6) is 0 Å². The number of amides is 1. The van der Waals surface area contributed by atoms with Gasteiger partial charge in [0.2, 0.25) is 5.91 Å². The third kappa shape index (κ3) is 4.11. The van der Waals surface area contributed by atoms with Gasteiger partial charge in [0.1, 0.15) is 5.65 Å². The number of pyridine rings is 1. The molecule has 1 N–H and O–H groups in total. The van der Waals surface area contributed by atoms with Gasteiger partial charge in [-0.1, -0.05) is 24.3 Å². The lowest BCUT2D eigenvalue weighted by molar-refractivity contribution is -0.122. The molecular weight excluding hydrogens is 324 g/mol. The van der Waals surface area contributed by atoms with Gasteiger partial charge in [-0.05, 0) is 51.2 Å². The Morgan fingerprint density at radius 1 is 1.23 bits per heavy atom. The second-order valence-corrected chi connectivity index (χ2v) is 7.03. The maximum Gasteiger partial charge on any atom is 0.227 e. The molecule has 5 heteroatoms. The normalized spacial score (nSPS) is 12.5. The Labute approximate surface area is 154 Å². The van der Waals surface area contributed by atoms with Crippen molar-refractivity contribution in [1.29, 1.82) is 0 Å². The molecule has 0 saturated carbocycles. The Balaban J connectivity index is 1.71. The molecule has 2 aromatic heterocycles. The molecule has 1 atom stereocenters. The lowest BCUT2D eigenvalue weighted by Gasteiger charge is -2.15. The van der Waals surface area contributed by atoms with Crippen LogP contribution >= 0.6 is 0 Å². The number of carbonyl (C=O) groups excluding carboxylic acids is 1. The van der Waals surface area contributed by atoms with Gasteiger partial charge in [0, 0.05) is 31.0 Å². The van der Waals surface area contributed by atoms with Gasteiger partial charge in [0.25, 0.3) is 0 Å². The molecule has 3 aromatic rings. The van der Waals surface area contributed by atoms with Crippen molar-refractivity contribution in [3.63, 3.8) is 0 Å². The van der Waals surface area contributed by atoms with Gasteiger partial charge in [-0.2, -0.15) is 0 Å². The number of hydrogen-bond donors (Lipinski definition) is 1. The Kier molecular flexibility index (Phi) is 5.38. The summed E-state index contributed by atoms with van der Waals surface area (Å²) in [6.07, 6.45) is 4.05. The van der Waals surface area contributed by atoms with Crippen molar-refractivity contribution in [1.82, 2.24) is 19.6 Å². The number of fused-ring (bicyclic) bond motifs is 1. The molecule has 1 aromatic carbocycles. The van der Waals surface area contributed by atoms with Gasteiger partial charge in [0.15, 0.2) is 0 Å². The van der Waals surface area contributed by atoms with E-state index in [0.29, 0.717) is 6.54 Å². The number of likely N-dealkylation sites (N-methyl/N-ethyl adjacent to an activating group) is 1. The third-order valence-electron chi connectivity index (χ3n) is 4.57. The first-order chi connectivity index (χ1) is 12.4. The quantitative estimate of drug-likeness (QED) is 0.743. The van der Waals surface area contributed by atoms with Crippen LogP contribution in [0.1, 0.15) is 24.0 Å². The summed E-state index contributed by atoms with van der Waals surface area (Å²) in [6.45, 7) is 5.50. The monoisotopic (exact) mass is 350 g/mol. The predicted octanol–water partition coefficient (Wildman–Crippen LogP) is 3.09. The molecule has 0 radical (unpaired) electrons. The molecule has 2 heterocycles. The first-order valence-electron chi connectivity index (χ1n) is 8.92. The van der Waals surface area contributed by atoms with Crippen LogP contribution in [0.25, 0.3) is 16.9 Å². The fourth-order valence-corrected chi connectivity index (χ4v) is 2.87. The Morgan fingerprint density at radius 2 is 1.96 bits per heavy atom. The van der Waals surface area contributed by atoms with Crippen molar-refractivity contribution in [2.75, 3.05) is 27.2 Å². The average molecular weight is 350 g/mol. The van der Waals surface area contributed by atoms with Crippen LogP contribution in [0.3, 0.4) is 0 Å². The minimum absolute atomic E-state index is 0.0582. The minimum atomic E-state index is -0.171. The number of aryl methyl sites for hydroxylation is 1. The zero-order valence-electron chi connectivity index (χ0n) is 15.9. The highest BCUT2D eigenvalue weighted by atomic mass is 16.1. The van der Waals surface area contributed by atoms with Crippen molar-refractivity contribution in [2.45, 2.75) is 19.8 Å². The van der Waals surface area contributed by atoms with Gasteiger partial charge in [-0.25, -0.2) is 4.98 Å². The average Bonchev–Trinajstić information content (AvgIpc) is 3.04. The maximum absolute atomic E-state index is 12.3. The molecule has 0 aliphatic rings. The van der Waals surface area contributed by atoms with Crippen LogP contribution in [-0.2, 0) is 4.79 Å². The fraction of sp³-hybridized carbons (Fsp3) is 0.333. The molecular formula is C21H26N4O. The molecule has 0 spiro atoms. The summed E-state index contributed by atoms with van der Waals surface area (Å²) in [6, 6.07) is 12.2. The highest BCUT2D eigenvalue weighted by molar-refractivity contribution is 5.83. The van der Waals surface area contributed by atoms with E-state index >= 15 is 0 Å². The van der Waals surface area contributed by atoms with Gasteiger partial charge in [0.05, 0.1) is 11.6 Å².